The Labute approximate surface area is 128 Å². The van der Waals surface area contributed by atoms with Crippen LogP contribution in [0.2, 0.25) is 0 Å². The Hall–Kier alpha value is -0.580. The molecule has 1 aliphatic rings. The van der Waals surface area contributed by atoms with Gasteiger partial charge in [0.2, 0.25) is 0 Å². The number of methoxy groups -OCH3 is 1. The molecule has 106 valence electrons. The van der Waals surface area contributed by atoms with Crippen LogP contribution in [0.3, 0.4) is 0 Å². The third-order valence-electron chi connectivity index (χ3n) is 3.45. The highest BCUT2D eigenvalue weighted by Gasteiger charge is 2.32. The lowest BCUT2D eigenvalue weighted by molar-refractivity contribution is -0.143. The molecule has 0 bridgehead atoms. The van der Waals surface area contributed by atoms with Crippen molar-refractivity contribution in [3.05, 3.63) is 34.3 Å². The molecule has 1 N–H and O–H groups in total. The van der Waals surface area contributed by atoms with E-state index in [0.717, 1.165) is 29.4 Å². The number of benzene rings is 1. The molecular weight excluding hydrogens is 330 g/mol. The van der Waals surface area contributed by atoms with Gasteiger partial charge in [0.15, 0.2) is 0 Å². The molecule has 0 aromatic heterocycles. The largest absolute Gasteiger partial charge is 0.469 e. The number of hydrogen-bond donors (Lipinski definition) is 1. The lowest BCUT2D eigenvalue weighted by Gasteiger charge is -2.30. The first-order valence-corrected chi connectivity index (χ1v) is 7.09. The summed E-state index contributed by atoms with van der Waals surface area (Å²) in [7, 11) is 1.45. The van der Waals surface area contributed by atoms with Gasteiger partial charge in [-0.25, -0.2) is 0 Å². The van der Waals surface area contributed by atoms with Crippen molar-refractivity contribution in [1.82, 2.24) is 5.32 Å². The highest BCUT2D eigenvalue weighted by Crippen LogP contribution is 2.31. The summed E-state index contributed by atoms with van der Waals surface area (Å²) in [5, 5.41) is 3.44. The number of esters is 1. The summed E-state index contributed by atoms with van der Waals surface area (Å²) < 4.78 is 5.94. The maximum absolute atomic E-state index is 12.1. The van der Waals surface area contributed by atoms with Gasteiger partial charge in [-0.05, 0) is 31.0 Å². The molecule has 1 aliphatic heterocycles. The van der Waals surface area contributed by atoms with E-state index in [0.29, 0.717) is 0 Å². The predicted octanol–water partition coefficient (Wildman–Crippen LogP) is 3.27. The molecule has 0 amide bonds. The molecule has 2 atom stereocenters. The highest BCUT2D eigenvalue weighted by molar-refractivity contribution is 9.10. The van der Waals surface area contributed by atoms with E-state index >= 15 is 0 Å². The van der Waals surface area contributed by atoms with Crippen molar-refractivity contribution < 1.29 is 9.53 Å². The van der Waals surface area contributed by atoms with E-state index in [2.05, 4.69) is 21.2 Å². The molecule has 0 spiro atoms. The van der Waals surface area contributed by atoms with E-state index in [4.69, 9.17) is 4.74 Å². The van der Waals surface area contributed by atoms with Crippen LogP contribution in [0.25, 0.3) is 0 Å². The zero-order chi connectivity index (χ0) is 13.0. The summed E-state index contributed by atoms with van der Waals surface area (Å²) in [6.07, 6.45) is 3.36. The molecule has 0 unspecified atom stereocenters. The van der Waals surface area contributed by atoms with Gasteiger partial charge in [-0.3, -0.25) is 4.79 Å². The summed E-state index contributed by atoms with van der Waals surface area (Å²) in [5.74, 6) is -0.396. The number of nitrogens with one attached hydrogen (secondary N) is 1. The van der Waals surface area contributed by atoms with Crippen molar-refractivity contribution in [2.45, 2.75) is 31.2 Å². The molecule has 19 heavy (non-hydrogen) atoms. The van der Waals surface area contributed by atoms with Gasteiger partial charge in [-0.2, -0.15) is 0 Å². The fraction of sp³-hybridized carbons (Fsp3) is 0.500. The molecule has 1 aromatic rings. The van der Waals surface area contributed by atoms with E-state index in [-0.39, 0.29) is 30.3 Å². The fourth-order valence-electron chi connectivity index (χ4n) is 2.53. The van der Waals surface area contributed by atoms with Crippen LogP contribution in [0.15, 0.2) is 28.7 Å². The molecule has 3 nitrogen and oxygen atoms in total. The summed E-state index contributed by atoms with van der Waals surface area (Å²) in [6.45, 7) is 0.975. The maximum atomic E-state index is 12.1. The molecule has 2 rings (SSSR count). The van der Waals surface area contributed by atoms with E-state index in [9.17, 15) is 4.79 Å². The third-order valence-corrected chi connectivity index (χ3v) is 4.17. The number of rotatable bonds is 3. The number of carbonyl (C=O) groups excluding carboxylic acids is 1. The standard InChI is InChI=1S/C14H18BrNO2.ClH/c1-18-14(17)13(12-8-4-5-9-16-12)10-6-2-3-7-11(10)15;/h2-3,6-7,12-13,16H,4-5,8-9H2,1H3;1H/t12-,13-;/m0./s1. The van der Waals surface area contributed by atoms with Gasteiger partial charge in [0.1, 0.15) is 0 Å². The molecule has 0 radical (unpaired) electrons. The van der Waals surface area contributed by atoms with Crippen LogP contribution in [-0.2, 0) is 9.53 Å². The topological polar surface area (TPSA) is 38.3 Å². The zero-order valence-corrected chi connectivity index (χ0v) is 13.3. The van der Waals surface area contributed by atoms with Crippen molar-refractivity contribution in [2.75, 3.05) is 13.7 Å². The molecule has 1 heterocycles. The molecule has 0 aliphatic carbocycles. The number of halogens is 2. The van der Waals surface area contributed by atoms with Gasteiger partial charge < -0.3 is 10.1 Å². The molecule has 1 aromatic carbocycles. The van der Waals surface area contributed by atoms with Gasteiger partial charge in [0.05, 0.1) is 13.0 Å². The SMILES string of the molecule is COC(=O)[C@@H](c1ccccc1Br)[C@@H]1CCCCN1.Cl. The molecular formula is C14H19BrClNO2. The second kappa shape index (κ2) is 7.88. The van der Waals surface area contributed by atoms with Crippen LogP contribution in [-0.4, -0.2) is 25.7 Å². The number of piperidine rings is 1. The van der Waals surface area contributed by atoms with Crippen LogP contribution >= 0.6 is 28.3 Å². The number of carbonyl (C=O) groups is 1. The fourth-order valence-corrected chi connectivity index (χ4v) is 3.06. The van der Waals surface area contributed by atoms with Crippen LogP contribution in [0.4, 0.5) is 0 Å². The number of ether oxygens (including phenoxy) is 1. The van der Waals surface area contributed by atoms with Crippen molar-refractivity contribution in [1.29, 1.82) is 0 Å². The summed E-state index contributed by atoms with van der Waals surface area (Å²) in [5.41, 5.74) is 1.00. The first kappa shape index (κ1) is 16.5. The molecule has 1 saturated heterocycles. The monoisotopic (exact) mass is 347 g/mol. The van der Waals surface area contributed by atoms with E-state index in [1.807, 2.05) is 24.3 Å². The second-order valence-electron chi connectivity index (χ2n) is 4.58. The summed E-state index contributed by atoms with van der Waals surface area (Å²) >= 11 is 3.53. The minimum absolute atomic E-state index is 0. The molecule has 5 heteroatoms. The Bertz CT molecular complexity index is 422. The molecule has 0 saturated carbocycles. The first-order valence-electron chi connectivity index (χ1n) is 6.29. The Morgan fingerprint density at radius 2 is 2.16 bits per heavy atom. The van der Waals surface area contributed by atoms with E-state index < -0.39 is 0 Å². The maximum Gasteiger partial charge on any atom is 0.314 e. The van der Waals surface area contributed by atoms with Gasteiger partial charge in [-0.15, -0.1) is 12.4 Å². The Balaban J connectivity index is 0.00000180. The van der Waals surface area contributed by atoms with Crippen molar-refractivity contribution >= 4 is 34.3 Å². The van der Waals surface area contributed by atoms with Crippen LogP contribution in [0.5, 0.6) is 0 Å². The lowest BCUT2D eigenvalue weighted by atomic mass is 9.86. The lowest BCUT2D eigenvalue weighted by Crippen LogP contribution is -2.42. The average Bonchev–Trinajstić information content (AvgIpc) is 2.42. The van der Waals surface area contributed by atoms with Gasteiger partial charge >= 0.3 is 5.97 Å². The zero-order valence-electron chi connectivity index (χ0n) is 10.9. The average molecular weight is 349 g/mol. The minimum Gasteiger partial charge on any atom is -0.469 e. The van der Waals surface area contributed by atoms with Crippen molar-refractivity contribution in [2.24, 2.45) is 0 Å². The van der Waals surface area contributed by atoms with Crippen molar-refractivity contribution in [3.8, 4) is 0 Å². The van der Waals surface area contributed by atoms with Gasteiger partial charge in [0, 0.05) is 10.5 Å². The van der Waals surface area contributed by atoms with Crippen LogP contribution < -0.4 is 5.32 Å². The van der Waals surface area contributed by atoms with Crippen molar-refractivity contribution in [3.63, 3.8) is 0 Å². The Morgan fingerprint density at radius 1 is 1.42 bits per heavy atom. The Morgan fingerprint density at radius 3 is 2.74 bits per heavy atom. The van der Waals surface area contributed by atoms with Crippen LogP contribution in [0.1, 0.15) is 30.7 Å². The summed E-state index contributed by atoms with van der Waals surface area (Å²) in [6, 6.07) is 8.04. The highest BCUT2D eigenvalue weighted by atomic mass is 79.9. The third kappa shape index (κ3) is 3.94. The Kier molecular flexibility index (Phi) is 6.83. The predicted molar refractivity (Wildman–Crippen MR) is 81.8 cm³/mol. The van der Waals surface area contributed by atoms with E-state index in [1.54, 1.807) is 0 Å². The normalized spacial score (nSPS) is 20.2. The minimum atomic E-state index is -0.231. The van der Waals surface area contributed by atoms with E-state index in [1.165, 1.54) is 13.5 Å². The van der Waals surface area contributed by atoms with Crippen LogP contribution in [0, 0.1) is 0 Å². The summed E-state index contributed by atoms with van der Waals surface area (Å²) in [4.78, 5) is 12.1. The van der Waals surface area contributed by atoms with Gasteiger partial charge in [-0.1, -0.05) is 40.5 Å². The number of hydrogen-bond acceptors (Lipinski definition) is 3. The second-order valence-corrected chi connectivity index (χ2v) is 5.43. The molecule has 1 fully saturated rings. The first-order chi connectivity index (χ1) is 8.74. The van der Waals surface area contributed by atoms with Gasteiger partial charge in [0.25, 0.3) is 0 Å². The quantitative estimate of drug-likeness (QED) is 0.852. The smallest absolute Gasteiger partial charge is 0.314 e.